The Balaban J connectivity index is 0.000000956. The maximum atomic E-state index is 4.34. The standard InChI is InChI=1S/C15H25N3.C2H6/c1-4-5-6-7-8-11-18-12-14(16-17-18)15(9-10-15)13(2)3;1-2/h12H,2,4-11H2,1,3H3;1-2H3. The Kier molecular flexibility index (Phi) is 6.97. The summed E-state index contributed by atoms with van der Waals surface area (Å²) in [5.41, 5.74) is 2.53. The zero-order valence-electron chi connectivity index (χ0n) is 13.8. The summed E-state index contributed by atoms with van der Waals surface area (Å²) in [7, 11) is 0. The number of rotatable bonds is 8. The lowest BCUT2D eigenvalue weighted by atomic mass is 9.95. The van der Waals surface area contributed by atoms with E-state index < -0.39 is 0 Å². The van der Waals surface area contributed by atoms with E-state index in [1.165, 1.54) is 50.5 Å². The Labute approximate surface area is 124 Å². The number of hydrogen-bond acceptors (Lipinski definition) is 2. The van der Waals surface area contributed by atoms with E-state index in [4.69, 9.17) is 0 Å². The van der Waals surface area contributed by atoms with Crippen molar-refractivity contribution in [2.75, 3.05) is 0 Å². The van der Waals surface area contributed by atoms with E-state index in [0.717, 1.165) is 12.2 Å². The fourth-order valence-electron chi connectivity index (χ4n) is 2.53. The van der Waals surface area contributed by atoms with Gasteiger partial charge in [-0.3, -0.25) is 4.68 Å². The minimum Gasteiger partial charge on any atom is -0.252 e. The van der Waals surface area contributed by atoms with Gasteiger partial charge in [0.25, 0.3) is 0 Å². The second-order valence-electron chi connectivity index (χ2n) is 5.64. The number of allylic oxidation sites excluding steroid dienone is 1. The highest BCUT2D eigenvalue weighted by Gasteiger charge is 2.47. The summed E-state index contributed by atoms with van der Waals surface area (Å²) < 4.78 is 2.00. The molecule has 1 fully saturated rings. The van der Waals surface area contributed by atoms with Crippen LogP contribution in [0.2, 0.25) is 0 Å². The lowest BCUT2D eigenvalue weighted by Crippen LogP contribution is -2.07. The number of nitrogens with zero attached hydrogens (tertiary/aromatic N) is 3. The van der Waals surface area contributed by atoms with Gasteiger partial charge in [-0.15, -0.1) is 5.10 Å². The number of aryl methyl sites for hydroxylation is 1. The Morgan fingerprint density at radius 1 is 1.25 bits per heavy atom. The van der Waals surface area contributed by atoms with Crippen molar-refractivity contribution in [1.82, 2.24) is 15.0 Å². The molecule has 1 heterocycles. The van der Waals surface area contributed by atoms with Gasteiger partial charge in [0.1, 0.15) is 0 Å². The first-order valence-corrected chi connectivity index (χ1v) is 8.25. The van der Waals surface area contributed by atoms with E-state index in [1.807, 2.05) is 18.5 Å². The van der Waals surface area contributed by atoms with Gasteiger partial charge in [-0.1, -0.05) is 63.8 Å². The van der Waals surface area contributed by atoms with E-state index in [9.17, 15) is 0 Å². The zero-order chi connectivity index (χ0) is 15.0. The fraction of sp³-hybridized carbons (Fsp3) is 0.765. The molecule has 1 aromatic heterocycles. The molecule has 20 heavy (non-hydrogen) atoms. The van der Waals surface area contributed by atoms with E-state index >= 15 is 0 Å². The average Bonchev–Trinajstić information content (AvgIpc) is 3.15. The summed E-state index contributed by atoms with van der Waals surface area (Å²) in [6.45, 7) is 13.5. The Bertz CT molecular complexity index is 402. The van der Waals surface area contributed by atoms with Crippen LogP contribution < -0.4 is 0 Å². The molecular formula is C17H31N3. The van der Waals surface area contributed by atoms with Crippen LogP contribution in [0, 0.1) is 0 Å². The summed E-state index contributed by atoms with van der Waals surface area (Å²) >= 11 is 0. The number of aromatic nitrogens is 3. The second kappa shape index (κ2) is 8.23. The second-order valence-corrected chi connectivity index (χ2v) is 5.64. The van der Waals surface area contributed by atoms with Crippen molar-refractivity contribution in [2.45, 2.75) is 84.6 Å². The molecule has 1 saturated carbocycles. The van der Waals surface area contributed by atoms with Gasteiger partial charge < -0.3 is 0 Å². The molecular weight excluding hydrogens is 246 g/mol. The van der Waals surface area contributed by atoms with Crippen LogP contribution in [0.5, 0.6) is 0 Å². The van der Waals surface area contributed by atoms with Crippen LogP contribution in [-0.4, -0.2) is 15.0 Å². The summed E-state index contributed by atoms with van der Waals surface area (Å²) in [5, 5.41) is 8.59. The van der Waals surface area contributed by atoms with Crippen LogP contribution >= 0.6 is 0 Å². The Morgan fingerprint density at radius 3 is 2.45 bits per heavy atom. The van der Waals surface area contributed by atoms with Gasteiger partial charge in [-0.05, 0) is 26.2 Å². The maximum absolute atomic E-state index is 4.34. The molecule has 0 bridgehead atoms. The average molecular weight is 277 g/mol. The molecule has 0 unspecified atom stereocenters. The smallest absolute Gasteiger partial charge is 0.0928 e. The first kappa shape index (κ1) is 16.9. The van der Waals surface area contributed by atoms with Crippen LogP contribution in [0.15, 0.2) is 18.3 Å². The molecule has 0 spiro atoms. The summed E-state index contributed by atoms with van der Waals surface area (Å²) in [5.74, 6) is 0. The van der Waals surface area contributed by atoms with Gasteiger partial charge in [0.05, 0.1) is 5.69 Å². The van der Waals surface area contributed by atoms with Crippen LogP contribution in [0.4, 0.5) is 0 Å². The molecule has 3 heteroatoms. The van der Waals surface area contributed by atoms with Crippen molar-refractivity contribution < 1.29 is 0 Å². The zero-order valence-corrected chi connectivity index (χ0v) is 13.8. The molecule has 114 valence electrons. The highest BCUT2D eigenvalue weighted by molar-refractivity contribution is 5.34. The van der Waals surface area contributed by atoms with E-state index in [1.54, 1.807) is 0 Å². The Morgan fingerprint density at radius 2 is 1.90 bits per heavy atom. The molecule has 0 N–H and O–H groups in total. The Hall–Kier alpha value is -1.12. The molecule has 0 atom stereocenters. The predicted octanol–water partition coefficient (Wildman–Crippen LogP) is 4.88. The first-order chi connectivity index (χ1) is 9.69. The van der Waals surface area contributed by atoms with Crippen molar-refractivity contribution in [3.63, 3.8) is 0 Å². The molecule has 3 nitrogen and oxygen atoms in total. The molecule has 0 saturated heterocycles. The van der Waals surface area contributed by atoms with Crippen LogP contribution in [-0.2, 0) is 12.0 Å². The molecule has 1 aliphatic rings. The van der Waals surface area contributed by atoms with Gasteiger partial charge in [0.15, 0.2) is 0 Å². The van der Waals surface area contributed by atoms with Crippen molar-refractivity contribution in [3.05, 3.63) is 24.0 Å². The van der Waals surface area contributed by atoms with E-state index in [2.05, 4.69) is 36.9 Å². The molecule has 1 aliphatic carbocycles. The lowest BCUT2D eigenvalue weighted by molar-refractivity contribution is 0.521. The summed E-state index contributed by atoms with van der Waals surface area (Å²) in [4.78, 5) is 0. The van der Waals surface area contributed by atoms with E-state index in [0.29, 0.717) is 0 Å². The van der Waals surface area contributed by atoms with Crippen LogP contribution in [0.3, 0.4) is 0 Å². The normalized spacial score (nSPS) is 15.4. The van der Waals surface area contributed by atoms with Crippen molar-refractivity contribution >= 4 is 0 Å². The molecule has 0 amide bonds. The third-order valence-corrected chi connectivity index (χ3v) is 4.09. The third-order valence-electron chi connectivity index (χ3n) is 4.09. The maximum Gasteiger partial charge on any atom is 0.0928 e. The van der Waals surface area contributed by atoms with Gasteiger partial charge in [0.2, 0.25) is 0 Å². The molecule has 0 radical (unpaired) electrons. The SMILES string of the molecule is C=C(C)C1(c2cn(CCCCCCC)nn2)CC1.CC. The van der Waals surface area contributed by atoms with Gasteiger partial charge in [-0.2, -0.15) is 0 Å². The quantitative estimate of drug-likeness (QED) is 0.500. The lowest BCUT2D eigenvalue weighted by Gasteiger charge is -2.10. The predicted molar refractivity (Wildman–Crippen MR) is 85.9 cm³/mol. The summed E-state index contributed by atoms with van der Waals surface area (Å²) in [6, 6.07) is 0. The van der Waals surface area contributed by atoms with Crippen LogP contribution in [0.1, 0.15) is 78.3 Å². The first-order valence-electron chi connectivity index (χ1n) is 8.25. The monoisotopic (exact) mass is 277 g/mol. The van der Waals surface area contributed by atoms with E-state index in [-0.39, 0.29) is 5.41 Å². The molecule has 0 aliphatic heterocycles. The minimum atomic E-state index is 0.167. The topological polar surface area (TPSA) is 30.7 Å². The molecule has 0 aromatic carbocycles. The van der Waals surface area contributed by atoms with Gasteiger partial charge in [-0.25, -0.2) is 0 Å². The highest BCUT2D eigenvalue weighted by Crippen LogP contribution is 2.52. The summed E-state index contributed by atoms with van der Waals surface area (Å²) in [6.07, 6.45) is 11.0. The number of unbranched alkanes of at least 4 members (excludes halogenated alkanes) is 4. The highest BCUT2D eigenvalue weighted by atomic mass is 15.4. The fourth-order valence-corrected chi connectivity index (χ4v) is 2.53. The van der Waals surface area contributed by atoms with Gasteiger partial charge >= 0.3 is 0 Å². The molecule has 2 rings (SSSR count). The minimum absolute atomic E-state index is 0.167. The molecule has 1 aromatic rings. The largest absolute Gasteiger partial charge is 0.252 e. The van der Waals surface area contributed by atoms with Crippen molar-refractivity contribution in [2.24, 2.45) is 0 Å². The van der Waals surface area contributed by atoms with Crippen LogP contribution in [0.25, 0.3) is 0 Å². The van der Waals surface area contributed by atoms with Crippen molar-refractivity contribution in [3.8, 4) is 0 Å². The van der Waals surface area contributed by atoms with Crippen molar-refractivity contribution in [1.29, 1.82) is 0 Å². The number of hydrogen-bond donors (Lipinski definition) is 0. The van der Waals surface area contributed by atoms with Gasteiger partial charge in [0, 0.05) is 18.2 Å². The third kappa shape index (κ3) is 4.19.